The first-order valence-electron chi connectivity index (χ1n) is 9.42. The molecule has 0 bridgehead atoms. The Hall–Kier alpha value is -3.53. The highest BCUT2D eigenvalue weighted by atomic mass is 32.2. The van der Waals surface area contributed by atoms with Gasteiger partial charge in [-0.05, 0) is 67.9 Å². The van der Waals surface area contributed by atoms with Crippen molar-refractivity contribution in [3.63, 3.8) is 0 Å². The number of benzene rings is 2. The Morgan fingerprint density at radius 2 is 1.77 bits per heavy atom. The van der Waals surface area contributed by atoms with Gasteiger partial charge in [-0.15, -0.1) is 0 Å². The predicted octanol–water partition coefficient (Wildman–Crippen LogP) is 3.52. The molecule has 1 amide bonds. The van der Waals surface area contributed by atoms with Gasteiger partial charge < -0.3 is 10.1 Å². The van der Waals surface area contributed by atoms with Crippen LogP contribution in [0.3, 0.4) is 0 Å². The standard InChI is InChI=1S/C21H21FN4O4S/c1-3-19(30-17-8-4-15(22)5-9-17)20(27)25-16-6-10-18(11-7-16)31(28,29)26-21-23-13-12-14(2)24-21/h4-13,19H,3H2,1-2H3,(H,25,27)(H,23,24,26)/t19-/m0/s1. The molecular formula is C21H21FN4O4S. The Balaban J connectivity index is 1.66. The third-order valence-corrected chi connectivity index (χ3v) is 5.55. The first-order chi connectivity index (χ1) is 14.8. The molecule has 0 unspecified atom stereocenters. The van der Waals surface area contributed by atoms with Gasteiger partial charge >= 0.3 is 0 Å². The Bertz CT molecular complexity index is 1150. The fourth-order valence-corrected chi connectivity index (χ4v) is 3.57. The largest absolute Gasteiger partial charge is 0.481 e. The van der Waals surface area contributed by atoms with E-state index < -0.39 is 27.9 Å². The SMILES string of the molecule is CC[C@H](Oc1ccc(F)cc1)C(=O)Nc1ccc(S(=O)(=O)Nc2nccc(C)n2)cc1. The molecule has 3 aromatic rings. The minimum Gasteiger partial charge on any atom is -0.481 e. The fourth-order valence-electron chi connectivity index (χ4n) is 2.62. The molecule has 0 saturated heterocycles. The van der Waals surface area contributed by atoms with E-state index in [-0.39, 0.29) is 10.8 Å². The van der Waals surface area contributed by atoms with Crippen LogP contribution in [0.25, 0.3) is 0 Å². The van der Waals surface area contributed by atoms with E-state index in [0.717, 1.165) is 0 Å². The van der Waals surface area contributed by atoms with E-state index in [4.69, 9.17) is 4.74 Å². The molecule has 0 aliphatic heterocycles. The molecule has 1 atom stereocenters. The summed E-state index contributed by atoms with van der Waals surface area (Å²) < 4.78 is 45.9. The number of halogens is 1. The number of rotatable bonds is 8. The summed E-state index contributed by atoms with van der Waals surface area (Å²) in [6.07, 6.45) is 1.04. The summed E-state index contributed by atoms with van der Waals surface area (Å²) in [6, 6.07) is 12.7. The van der Waals surface area contributed by atoms with Crippen LogP contribution in [0.5, 0.6) is 5.75 Å². The molecule has 0 saturated carbocycles. The molecule has 0 aliphatic carbocycles. The van der Waals surface area contributed by atoms with Crippen molar-refractivity contribution in [1.29, 1.82) is 0 Å². The lowest BCUT2D eigenvalue weighted by Gasteiger charge is -2.17. The molecule has 0 spiro atoms. The lowest BCUT2D eigenvalue weighted by Crippen LogP contribution is -2.32. The van der Waals surface area contributed by atoms with Crippen LogP contribution < -0.4 is 14.8 Å². The molecule has 2 aromatic carbocycles. The summed E-state index contributed by atoms with van der Waals surface area (Å²) in [5, 5.41) is 2.68. The number of hydrogen-bond donors (Lipinski definition) is 2. The molecular weight excluding hydrogens is 423 g/mol. The maximum Gasteiger partial charge on any atom is 0.265 e. The summed E-state index contributed by atoms with van der Waals surface area (Å²) in [5.74, 6) is -0.465. The third-order valence-electron chi connectivity index (χ3n) is 4.21. The van der Waals surface area contributed by atoms with Crippen molar-refractivity contribution in [1.82, 2.24) is 9.97 Å². The lowest BCUT2D eigenvalue weighted by atomic mass is 10.2. The number of hydrogen-bond acceptors (Lipinski definition) is 6. The lowest BCUT2D eigenvalue weighted by molar-refractivity contribution is -0.122. The maximum absolute atomic E-state index is 13.0. The number of nitrogens with zero attached hydrogens (tertiary/aromatic N) is 2. The van der Waals surface area contributed by atoms with Gasteiger partial charge in [-0.3, -0.25) is 4.79 Å². The molecule has 162 valence electrons. The van der Waals surface area contributed by atoms with Crippen LogP contribution in [0.4, 0.5) is 16.0 Å². The quantitative estimate of drug-likeness (QED) is 0.550. The van der Waals surface area contributed by atoms with Crippen LogP contribution in [0.15, 0.2) is 65.7 Å². The van der Waals surface area contributed by atoms with E-state index >= 15 is 0 Å². The number of amides is 1. The second kappa shape index (κ2) is 9.52. The van der Waals surface area contributed by atoms with Crippen LogP contribution in [-0.2, 0) is 14.8 Å². The minimum absolute atomic E-state index is 0.00907. The summed E-state index contributed by atoms with van der Waals surface area (Å²) in [5.41, 5.74) is 1.02. The Morgan fingerprint density at radius 3 is 2.39 bits per heavy atom. The van der Waals surface area contributed by atoms with E-state index in [1.165, 1.54) is 54.7 Å². The highest BCUT2D eigenvalue weighted by Crippen LogP contribution is 2.19. The third kappa shape index (κ3) is 5.98. The first kappa shape index (κ1) is 22.2. The highest BCUT2D eigenvalue weighted by Gasteiger charge is 2.20. The Kier molecular flexibility index (Phi) is 6.81. The van der Waals surface area contributed by atoms with E-state index in [2.05, 4.69) is 20.0 Å². The molecule has 1 heterocycles. The molecule has 1 aromatic heterocycles. The first-order valence-corrected chi connectivity index (χ1v) is 10.9. The molecule has 0 radical (unpaired) electrons. The van der Waals surface area contributed by atoms with Crippen molar-refractivity contribution in [3.8, 4) is 5.75 Å². The van der Waals surface area contributed by atoms with Gasteiger partial charge in [0.1, 0.15) is 11.6 Å². The van der Waals surface area contributed by atoms with Crippen molar-refractivity contribution in [3.05, 3.63) is 72.3 Å². The molecule has 0 aliphatic rings. The predicted molar refractivity (Wildman–Crippen MR) is 114 cm³/mol. The van der Waals surface area contributed by atoms with Crippen molar-refractivity contribution in [2.45, 2.75) is 31.3 Å². The number of nitrogens with one attached hydrogen (secondary N) is 2. The van der Waals surface area contributed by atoms with Crippen molar-refractivity contribution < 1.29 is 22.3 Å². The average Bonchev–Trinajstić information content (AvgIpc) is 2.73. The monoisotopic (exact) mass is 444 g/mol. The smallest absolute Gasteiger partial charge is 0.265 e. The van der Waals surface area contributed by atoms with Gasteiger partial charge in [0.2, 0.25) is 5.95 Å². The fraction of sp³-hybridized carbons (Fsp3) is 0.190. The van der Waals surface area contributed by atoms with Gasteiger partial charge in [0.25, 0.3) is 15.9 Å². The van der Waals surface area contributed by atoms with E-state index in [9.17, 15) is 17.6 Å². The number of aryl methyl sites for hydroxylation is 1. The summed E-state index contributed by atoms with van der Waals surface area (Å²) in [7, 11) is -3.88. The zero-order valence-electron chi connectivity index (χ0n) is 16.9. The summed E-state index contributed by atoms with van der Waals surface area (Å²) in [4.78, 5) is 20.4. The second-order valence-corrected chi connectivity index (χ2v) is 8.29. The van der Waals surface area contributed by atoms with Crippen LogP contribution in [0.1, 0.15) is 19.0 Å². The normalized spacial score (nSPS) is 12.1. The highest BCUT2D eigenvalue weighted by molar-refractivity contribution is 7.92. The molecule has 8 nitrogen and oxygen atoms in total. The molecule has 2 N–H and O–H groups in total. The second-order valence-electron chi connectivity index (χ2n) is 6.61. The van der Waals surface area contributed by atoms with Crippen molar-refractivity contribution >= 4 is 27.6 Å². The zero-order valence-corrected chi connectivity index (χ0v) is 17.7. The van der Waals surface area contributed by atoms with Crippen LogP contribution >= 0.6 is 0 Å². The number of aromatic nitrogens is 2. The van der Waals surface area contributed by atoms with Gasteiger partial charge in [0, 0.05) is 17.6 Å². The van der Waals surface area contributed by atoms with Gasteiger partial charge in [-0.1, -0.05) is 6.92 Å². The van der Waals surface area contributed by atoms with E-state index in [1.54, 1.807) is 19.9 Å². The maximum atomic E-state index is 13.0. The topological polar surface area (TPSA) is 110 Å². The minimum atomic E-state index is -3.88. The van der Waals surface area contributed by atoms with Gasteiger partial charge in [-0.2, -0.15) is 0 Å². The number of anilines is 2. The summed E-state index contributed by atoms with van der Waals surface area (Å²) >= 11 is 0. The van der Waals surface area contributed by atoms with E-state index in [1.807, 2.05) is 0 Å². The van der Waals surface area contributed by atoms with Gasteiger partial charge in [-0.25, -0.2) is 27.5 Å². The van der Waals surface area contributed by atoms with Gasteiger partial charge in [0.05, 0.1) is 4.90 Å². The van der Waals surface area contributed by atoms with Gasteiger partial charge in [0.15, 0.2) is 6.10 Å². The Morgan fingerprint density at radius 1 is 1.10 bits per heavy atom. The Labute approximate surface area is 179 Å². The molecule has 31 heavy (non-hydrogen) atoms. The molecule has 10 heteroatoms. The van der Waals surface area contributed by atoms with Crippen LogP contribution in [0.2, 0.25) is 0 Å². The van der Waals surface area contributed by atoms with Crippen molar-refractivity contribution in [2.75, 3.05) is 10.0 Å². The van der Waals surface area contributed by atoms with Crippen molar-refractivity contribution in [2.24, 2.45) is 0 Å². The molecule has 0 fully saturated rings. The zero-order chi connectivity index (χ0) is 22.4. The number of sulfonamides is 1. The van der Waals surface area contributed by atoms with Crippen LogP contribution in [0, 0.1) is 12.7 Å². The summed E-state index contributed by atoms with van der Waals surface area (Å²) in [6.45, 7) is 3.50. The number of ether oxygens (including phenoxy) is 1. The van der Waals surface area contributed by atoms with Crippen LogP contribution in [-0.4, -0.2) is 30.4 Å². The number of carbonyl (C=O) groups is 1. The molecule has 3 rings (SSSR count). The average molecular weight is 444 g/mol. The number of carbonyl (C=O) groups excluding carboxylic acids is 1. The van der Waals surface area contributed by atoms with E-state index in [0.29, 0.717) is 23.6 Å².